The van der Waals surface area contributed by atoms with Crippen molar-refractivity contribution in [1.82, 2.24) is 5.32 Å². The highest BCUT2D eigenvalue weighted by atomic mass is 32.2. The van der Waals surface area contributed by atoms with E-state index >= 15 is 0 Å². The van der Waals surface area contributed by atoms with Gasteiger partial charge in [-0.2, -0.15) is 0 Å². The fourth-order valence-electron chi connectivity index (χ4n) is 2.69. The van der Waals surface area contributed by atoms with E-state index in [2.05, 4.69) is 5.32 Å². The predicted molar refractivity (Wildman–Crippen MR) is 85.0 cm³/mol. The Morgan fingerprint density at radius 3 is 2.59 bits per heavy atom. The molecule has 1 fully saturated rings. The van der Waals surface area contributed by atoms with Crippen molar-refractivity contribution in [3.05, 3.63) is 54.0 Å². The van der Waals surface area contributed by atoms with Crippen LogP contribution in [0.4, 0.5) is 0 Å². The summed E-state index contributed by atoms with van der Waals surface area (Å²) in [5.41, 5.74) is 0. The summed E-state index contributed by atoms with van der Waals surface area (Å²) in [6, 6.07) is 12.9. The Morgan fingerprint density at radius 1 is 1.14 bits per heavy atom. The number of hydrogen-bond acceptors (Lipinski definition) is 3. The van der Waals surface area contributed by atoms with E-state index in [1.165, 1.54) is 12.8 Å². The van der Waals surface area contributed by atoms with Crippen LogP contribution in [0.1, 0.15) is 42.0 Å². The van der Waals surface area contributed by atoms with Gasteiger partial charge in [0.25, 0.3) is 5.91 Å². The van der Waals surface area contributed by atoms with Gasteiger partial charge in [0, 0.05) is 10.9 Å². The Balaban J connectivity index is 1.61. The van der Waals surface area contributed by atoms with Crippen LogP contribution in [-0.4, -0.2) is 16.2 Å². The molecular weight excluding hydrogens is 298 g/mol. The maximum Gasteiger partial charge on any atom is 0.287 e. The lowest BCUT2D eigenvalue weighted by Crippen LogP contribution is -2.32. The zero-order valence-corrected chi connectivity index (χ0v) is 13.1. The SMILES string of the molecule is O=C(NC1CCCC1)c1ccc(CS(=O)c2ccccc2)o1. The van der Waals surface area contributed by atoms with Crippen LogP contribution >= 0.6 is 0 Å². The van der Waals surface area contributed by atoms with Crippen LogP contribution in [0.5, 0.6) is 0 Å². The molecule has 1 amide bonds. The first-order valence-electron chi connectivity index (χ1n) is 7.55. The summed E-state index contributed by atoms with van der Waals surface area (Å²) in [7, 11) is -1.16. The molecule has 3 rings (SSSR count). The van der Waals surface area contributed by atoms with Gasteiger partial charge in [-0.25, -0.2) is 0 Å². The minimum absolute atomic E-state index is 0.177. The highest BCUT2D eigenvalue weighted by Gasteiger charge is 2.20. The summed E-state index contributed by atoms with van der Waals surface area (Å²) in [6.45, 7) is 0. The van der Waals surface area contributed by atoms with Gasteiger partial charge in [-0.1, -0.05) is 31.0 Å². The van der Waals surface area contributed by atoms with Crippen molar-refractivity contribution in [2.24, 2.45) is 0 Å². The summed E-state index contributed by atoms with van der Waals surface area (Å²) in [5.74, 6) is 0.968. The van der Waals surface area contributed by atoms with Crippen LogP contribution in [0.3, 0.4) is 0 Å². The zero-order chi connectivity index (χ0) is 15.4. The van der Waals surface area contributed by atoms with E-state index in [0.717, 1.165) is 17.7 Å². The van der Waals surface area contributed by atoms with Gasteiger partial charge >= 0.3 is 0 Å². The van der Waals surface area contributed by atoms with Crippen molar-refractivity contribution in [1.29, 1.82) is 0 Å². The summed E-state index contributed by atoms with van der Waals surface area (Å²) in [4.78, 5) is 12.8. The van der Waals surface area contributed by atoms with Crippen LogP contribution in [0.15, 0.2) is 51.8 Å². The maximum atomic E-state index is 12.2. The molecule has 0 radical (unpaired) electrons. The van der Waals surface area contributed by atoms with E-state index in [1.807, 2.05) is 30.3 Å². The average Bonchev–Trinajstić information content (AvgIpc) is 3.20. The summed E-state index contributed by atoms with van der Waals surface area (Å²) in [6.07, 6.45) is 4.42. The van der Waals surface area contributed by atoms with Crippen LogP contribution < -0.4 is 5.32 Å². The molecule has 1 aromatic carbocycles. The number of amides is 1. The van der Waals surface area contributed by atoms with Crippen LogP contribution in [0.25, 0.3) is 0 Å². The fourth-order valence-corrected chi connectivity index (χ4v) is 3.73. The Morgan fingerprint density at radius 2 is 1.86 bits per heavy atom. The second kappa shape index (κ2) is 6.92. The number of carbonyl (C=O) groups excluding carboxylic acids is 1. The average molecular weight is 317 g/mol. The molecule has 0 spiro atoms. The third kappa shape index (κ3) is 3.65. The molecule has 116 valence electrons. The molecule has 0 saturated heterocycles. The van der Waals surface area contributed by atoms with Gasteiger partial charge in [-0.05, 0) is 37.1 Å². The first kappa shape index (κ1) is 15.0. The summed E-state index contributed by atoms with van der Waals surface area (Å²) >= 11 is 0. The lowest BCUT2D eigenvalue weighted by atomic mass is 10.2. The van der Waals surface area contributed by atoms with Gasteiger partial charge in [-0.15, -0.1) is 0 Å². The van der Waals surface area contributed by atoms with Gasteiger partial charge in [-0.3, -0.25) is 9.00 Å². The molecule has 1 aromatic heterocycles. The zero-order valence-electron chi connectivity index (χ0n) is 12.3. The number of furan rings is 1. The molecule has 1 heterocycles. The lowest BCUT2D eigenvalue weighted by molar-refractivity contribution is 0.0908. The normalized spacial score (nSPS) is 16.5. The third-order valence-corrected chi connectivity index (χ3v) is 5.20. The van der Waals surface area contributed by atoms with Gasteiger partial charge in [0.15, 0.2) is 5.76 Å². The predicted octanol–water partition coefficient (Wildman–Crippen LogP) is 3.26. The smallest absolute Gasteiger partial charge is 0.287 e. The number of nitrogens with one attached hydrogen (secondary N) is 1. The Hall–Kier alpha value is -1.88. The monoisotopic (exact) mass is 317 g/mol. The Labute approximate surface area is 132 Å². The van der Waals surface area contributed by atoms with Crippen LogP contribution in [0, 0.1) is 0 Å². The molecule has 1 unspecified atom stereocenters. The second-order valence-electron chi connectivity index (χ2n) is 5.52. The highest BCUT2D eigenvalue weighted by molar-refractivity contribution is 7.84. The minimum Gasteiger partial charge on any atom is -0.455 e. The van der Waals surface area contributed by atoms with Crippen molar-refractivity contribution >= 4 is 16.7 Å². The number of hydrogen-bond donors (Lipinski definition) is 1. The Bertz CT molecular complexity index is 660. The maximum absolute atomic E-state index is 12.2. The molecule has 1 aliphatic rings. The second-order valence-corrected chi connectivity index (χ2v) is 6.97. The van der Waals surface area contributed by atoms with E-state index in [1.54, 1.807) is 12.1 Å². The first-order valence-corrected chi connectivity index (χ1v) is 8.87. The van der Waals surface area contributed by atoms with Crippen LogP contribution in [0.2, 0.25) is 0 Å². The van der Waals surface area contributed by atoms with Crippen LogP contribution in [-0.2, 0) is 16.6 Å². The van der Waals surface area contributed by atoms with E-state index < -0.39 is 10.8 Å². The standard InChI is InChI=1S/C17H19NO3S/c19-17(18-13-6-4-5-7-13)16-11-10-14(21-16)12-22(20)15-8-2-1-3-9-15/h1-3,8-11,13H,4-7,12H2,(H,18,19). The minimum atomic E-state index is -1.16. The van der Waals surface area contributed by atoms with Gasteiger partial charge < -0.3 is 9.73 Å². The van der Waals surface area contributed by atoms with Gasteiger partial charge in [0.1, 0.15) is 5.76 Å². The van der Waals surface area contributed by atoms with Gasteiger partial charge in [0.05, 0.1) is 16.6 Å². The van der Waals surface area contributed by atoms with E-state index in [9.17, 15) is 9.00 Å². The number of carbonyl (C=O) groups is 1. The van der Waals surface area contributed by atoms with E-state index in [4.69, 9.17) is 4.42 Å². The molecule has 0 bridgehead atoms. The molecule has 1 saturated carbocycles. The quantitative estimate of drug-likeness (QED) is 0.921. The lowest BCUT2D eigenvalue weighted by Gasteiger charge is -2.09. The van der Waals surface area contributed by atoms with Crippen molar-refractivity contribution in [3.8, 4) is 0 Å². The molecule has 22 heavy (non-hydrogen) atoms. The van der Waals surface area contributed by atoms with Crippen molar-refractivity contribution < 1.29 is 13.4 Å². The third-order valence-electron chi connectivity index (χ3n) is 3.86. The number of rotatable bonds is 5. The van der Waals surface area contributed by atoms with Crippen molar-refractivity contribution in [3.63, 3.8) is 0 Å². The largest absolute Gasteiger partial charge is 0.455 e. The number of benzene rings is 1. The van der Waals surface area contributed by atoms with E-state index in [-0.39, 0.29) is 17.7 Å². The van der Waals surface area contributed by atoms with Crippen molar-refractivity contribution in [2.75, 3.05) is 0 Å². The molecule has 4 nitrogen and oxygen atoms in total. The molecule has 1 atom stereocenters. The molecule has 1 N–H and O–H groups in total. The Kier molecular flexibility index (Phi) is 4.73. The molecule has 0 aliphatic heterocycles. The van der Waals surface area contributed by atoms with Gasteiger partial charge in [0.2, 0.25) is 0 Å². The summed E-state index contributed by atoms with van der Waals surface area (Å²) in [5, 5.41) is 2.98. The highest BCUT2D eigenvalue weighted by Crippen LogP contribution is 2.19. The molecule has 1 aliphatic carbocycles. The summed E-state index contributed by atoms with van der Waals surface area (Å²) < 4.78 is 17.8. The fraction of sp³-hybridized carbons (Fsp3) is 0.353. The molecule has 5 heteroatoms. The first-order chi connectivity index (χ1) is 10.7. The molecular formula is C17H19NO3S. The van der Waals surface area contributed by atoms with Crippen molar-refractivity contribution in [2.45, 2.75) is 42.4 Å². The topological polar surface area (TPSA) is 59.3 Å². The molecule has 2 aromatic rings. The van der Waals surface area contributed by atoms with E-state index in [0.29, 0.717) is 11.5 Å².